The molecular formula is C21H20ClN5O2S. The molecule has 0 atom stereocenters. The van der Waals surface area contributed by atoms with E-state index in [0.29, 0.717) is 33.6 Å². The Morgan fingerprint density at radius 3 is 2.53 bits per heavy atom. The van der Waals surface area contributed by atoms with Crippen molar-refractivity contribution < 1.29 is 8.94 Å². The number of thioether (sulfide) groups is 1. The summed E-state index contributed by atoms with van der Waals surface area (Å²) in [5.74, 6) is 1.87. The van der Waals surface area contributed by atoms with Gasteiger partial charge in [0.05, 0.1) is 5.75 Å². The van der Waals surface area contributed by atoms with Crippen LogP contribution in [0.5, 0.6) is 0 Å². The van der Waals surface area contributed by atoms with E-state index in [4.69, 9.17) is 20.5 Å². The van der Waals surface area contributed by atoms with Crippen LogP contribution < -0.4 is 4.90 Å². The van der Waals surface area contributed by atoms with Crippen molar-refractivity contribution in [2.24, 2.45) is 0 Å². The fourth-order valence-corrected chi connectivity index (χ4v) is 3.76. The van der Waals surface area contributed by atoms with Crippen LogP contribution in [0.3, 0.4) is 0 Å². The Balaban J connectivity index is 1.39. The Morgan fingerprint density at radius 2 is 1.80 bits per heavy atom. The van der Waals surface area contributed by atoms with Crippen LogP contribution in [0.25, 0.3) is 22.8 Å². The Morgan fingerprint density at radius 1 is 1.00 bits per heavy atom. The molecule has 0 N–H and O–H groups in total. The van der Waals surface area contributed by atoms with Crippen molar-refractivity contribution in [2.45, 2.75) is 24.8 Å². The van der Waals surface area contributed by atoms with E-state index in [1.54, 1.807) is 12.1 Å². The number of aromatic nitrogens is 4. The molecule has 0 bridgehead atoms. The molecule has 0 aliphatic carbocycles. The summed E-state index contributed by atoms with van der Waals surface area (Å²) in [5.41, 5.74) is 2.85. The second kappa shape index (κ2) is 9.32. The molecule has 7 nitrogen and oxygen atoms in total. The first-order valence-corrected chi connectivity index (χ1v) is 10.9. The molecule has 154 valence electrons. The van der Waals surface area contributed by atoms with Gasteiger partial charge in [-0.25, -0.2) is 0 Å². The summed E-state index contributed by atoms with van der Waals surface area (Å²) in [6.07, 6.45) is 0. The van der Waals surface area contributed by atoms with Crippen molar-refractivity contribution in [2.75, 3.05) is 18.0 Å². The first-order chi connectivity index (χ1) is 14.7. The summed E-state index contributed by atoms with van der Waals surface area (Å²) in [5, 5.41) is 13.3. The molecule has 2 heterocycles. The second-order valence-electron chi connectivity index (χ2n) is 6.40. The highest BCUT2D eigenvalue weighted by Crippen LogP contribution is 2.28. The minimum Gasteiger partial charge on any atom is -0.411 e. The molecule has 0 amide bonds. The van der Waals surface area contributed by atoms with Gasteiger partial charge in [0.2, 0.25) is 17.6 Å². The zero-order valence-corrected chi connectivity index (χ0v) is 18.2. The Kier molecular flexibility index (Phi) is 6.35. The minimum absolute atomic E-state index is 0.427. The molecule has 0 saturated carbocycles. The van der Waals surface area contributed by atoms with E-state index in [9.17, 15) is 0 Å². The molecule has 2 aromatic carbocycles. The van der Waals surface area contributed by atoms with E-state index in [0.717, 1.165) is 24.2 Å². The van der Waals surface area contributed by atoms with Gasteiger partial charge >= 0.3 is 0 Å². The fourth-order valence-electron chi connectivity index (χ4n) is 2.97. The number of nitrogens with zero attached hydrogens (tertiary/aromatic N) is 5. The summed E-state index contributed by atoms with van der Waals surface area (Å²) in [7, 11) is 0. The van der Waals surface area contributed by atoms with Gasteiger partial charge in [0.15, 0.2) is 0 Å². The standard InChI is InChI=1S/C21H20ClN5O2S/c1-3-27(4-2)17-10-8-14(9-11-17)20-24-25-21(28-20)30-13-18-23-19(26-29-18)15-6-5-7-16(22)12-15/h5-12H,3-4,13H2,1-2H3. The van der Waals surface area contributed by atoms with E-state index >= 15 is 0 Å². The maximum Gasteiger partial charge on any atom is 0.277 e. The molecule has 9 heteroatoms. The molecule has 0 unspecified atom stereocenters. The number of halogens is 1. The maximum atomic E-state index is 6.01. The summed E-state index contributed by atoms with van der Waals surface area (Å²) in [6, 6.07) is 15.4. The van der Waals surface area contributed by atoms with Gasteiger partial charge in [-0.3, -0.25) is 0 Å². The summed E-state index contributed by atoms with van der Waals surface area (Å²) < 4.78 is 11.1. The number of benzene rings is 2. The summed E-state index contributed by atoms with van der Waals surface area (Å²) in [6.45, 7) is 6.21. The number of hydrogen-bond acceptors (Lipinski definition) is 8. The van der Waals surface area contributed by atoms with Crippen molar-refractivity contribution in [3.63, 3.8) is 0 Å². The van der Waals surface area contributed by atoms with E-state index < -0.39 is 0 Å². The van der Waals surface area contributed by atoms with Crippen molar-refractivity contribution >= 4 is 29.1 Å². The largest absolute Gasteiger partial charge is 0.411 e. The molecule has 0 spiro atoms. The molecular weight excluding hydrogens is 422 g/mol. The summed E-state index contributed by atoms with van der Waals surface area (Å²) in [4.78, 5) is 6.67. The van der Waals surface area contributed by atoms with Gasteiger partial charge in [0.25, 0.3) is 5.22 Å². The van der Waals surface area contributed by atoms with Crippen LogP contribution in [0.2, 0.25) is 5.02 Å². The lowest BCUT2D eigenvalue weighted by atomic mass is 10.2. The zero-order valence-electron chi connectivity index (χ0n) is 16.6. The zero-order chi connectivity index (χ0) is 20.9. The highest BCUT2D eigenvalue weighted by atomic mass is 35.5. The number of rotatable bonds is 8. The lowest BCUT2D eigenvalue weighted by molar-refractivity contribution is 0.391. The highest BCUT2D eigenvalue weighted by molar-refractivity contribution is 7.98. The molecule has 0 fully saturated rings. The number of hydrogen-bond donors (Lipinski definition) is 0. The minimum atomic E-state index is 0.427. The van der Waals surface area contributed by atoms with Crippen LogP contribution in [0, 0.1) is 0 Å². The van der Waals surface area contributed by atoms with Crippen molar-refractivity contribution in [1.82, 2.24) is 20.3 Å². The maximum absolute atomic E-state index is 6.01. The monoisotopic (exact) mass is 441 g/mol. The van der Waals surface area contributed by atoms with Crippen LogP contribution in [0.15, 0.2) is 62.7 Å². The normalized spacial score (nSPS) is 11.0. The van der Waals surface area contributed by atoms with Crippen molar-refractivity contribution in [3.8, 4) is 22.8 Å². The molecule has 4 rings (SSSR count). The quantitative estimate of drug-likeness (QED) is 0.328. The molecule has 30 heavy (non-hydrogen) atoms. The Labute approximate surface area is 183 Å². The van der Waals surface area contributed by atoms with E-state index in [1.807, 2.05) is 24.3 Å². The van der Waals surface area contributed by atoms with Gasteiger partial charge in [0.1, 0.15) is 0 Å². The van der Waals surface area contributed by atoms with Gasteiger partial charge in [0, 0.05) is 34.9 Å². The lowest BCUT2D eigenvalue weighted by Gasteiger charge is -2.20. The van der Waals surface area contributed by atoms with Crippen LogP contribution in [0.1, 0.15) is 19.7 Å². The number of anilines is 1. The second-order valence-corrected chi connectivity index (χ2v) is 7.77. The predicted molar refractivity (Wildman–Crippen MR) is 118 cm³/mol. The smallest absolute Gasteiger partial charge is 0.277 e. The van der Waals surface area contributed by atoms with E-state index in [-0.39, 0.29) is 0 Å². The predicted octanol–water partition coefficient (Wildman–Crippen LogP) is 5.58. The third-order valence-electron chi connectivity index (χ3n) is 4.52. The fraction of sp³-hybridized carbons (Fsp3) is 0.238. The third kappa shape index (κ3) is 4.66. The lowest BCUT2D eigenvalue weighted by Crippen LogP contribution is -2.21. The van der Waals surface area contributed by atoms with Crippen LogP contribution in [0.4, 0.5) is 5.69 Å². The topological polar surface area (TPSA) is 81.1 Å². The third-order valence-corrected chi connectivity index (χ3v) is 5.56. The van der Waals surface area contributed by atoms with Crippen molar-refractivity contribution in [3.05, 3.63) is 59.4 Å². The summed E-state index contributed by atoms with van der Waals surface area (Å²) >= 11 is 7.36. The molecule has 2 aromatic heterocycles. The van der Waals surface area contributed by atoms with Crippen molar-refractivity contribution in [1.29, 1.82) is 0 Å². The highest BCUT2D eigenvalue weighted by Gasteiger charge is 2.13. The first kappa shape index (κ1) is 20.4. The molecule has 0 aliphatic rings. The van der Waals surface area contributed by atoms with Gasteiger partial charge in [-0.1, -0.05) is 40.7 Å². The van der Waals surface area contributed by atoms with Gasteiger partial charge in [-0.15, -0.1) is 10.2 Å². The molecule has 0 radical (unpaired) electrons. The van der Waals surface area contributed by atoms with Gasteiger partial charge in [-0.2, -0.15) is 4.98 Å². The Bertz CT molecular complexity index is 1110. The molecule has 0 saturated heterocycles. The van der Waals surface area contributed by atoms with E-state index in [2.05, 4.69) is 51.2 Å². The van der Waals surface area contributed by atoms with Gasteiger partial charge < -0.3 is 13.8 Å². The molecule has 4 aromatic rings. The average molecular weight is 442 g/mol. The van der Waals surface area contributed by atoms with Crippen LogP contribution in [-0.2, 0) is 5.75 Å². The first-order valence-electron chi connectivity index (χ1n) is 9.56. The van der Waals surface area contributed by atoms with Crippen LogP contribution in [-0.4, -0.2) is 33.4 Å². The SMILES string of the molecule is CCN(CC)c1ccc(-c2nnc(SCc3nc(-c4cccc(Cl)c4)no3)o2)cc1. The van der Waals surface area contributed by atoms with E-state index in [1.165, 1.54) is 17.4 Å². The Hall–Kier alpha value is -2.84. The molecule has 0 aliphatic heterocycles. The van der Waals surface area contributed by atoms with Gasteiger partial charge in [-0.05, 0) is 50.2 Å². The van der Waals surface area contributed by atoms with Crippen LogP contribution >= 0.6 is 23.4 Å². The average Bonchev–Trinajstić information content (AvgIpc) is 3.43.